The van der Waals surface area contributed by atoms with E-state index in [4.69, 9.17) is 5.11 Å². The third-order valence-corrected chi connectivity index (χ3v) is 1.32. The van der Waals surface area contributed by atoms with Gasteiger partial charge >= 0.3 is 5.97 Å². The molecule has 0 radical (unpaired) electrons. The second-order valence-electron chi connectivity index (χ2n) is 2.88. The summed E-state index contributed by atoms with van der Waals surface area (Å²) in [5, 5.41) is 8.36. The monoisotopic (exact) mass is 157 g/mol. The molecule has 0 aromatic heterocycles. The van der Waals surface area contributed by atoms with Crippen molar-refractivity contribution in [2.45, 2.75) is 13.3 Å². The van der Waals surface area contributed by atoms with Crippen LogP contribution in [0.15, 0.2) is 11.6 Å². The first-order valence-corrected chi connectivity index (χ1v) is 3.57. The number of carbonyl (C=O) groups is 1. The summed E-state index contributed by atoms with van der Waals surface area (Å²) in [5.41, 5.74) is 0.909. The Morgan fingerprint density at radius 1 is 1.55 bits per heavy atom. The largest absolute Gasteiger partial charge is 0.478 e. The maximum absolute atomic E-state index is 10.2. The highest BCUT2D eigenvalue weighted by Crippen LogP contribution is 1.99. The van der Waals surface area contributed by atoms with Gasteiger partial charge in [0.1, 0.15) is 0 Å². The van der Waals surface area contributed by atoms with Crippen molar-refractivity contribution in [3.05, 3.63) is 11.6 Å². The van der Waals surface area contributed by atoms with Crippen LogP contribution in [0.5, 0.6) is 0 Å². The van der Waals surface area contributed by atoms with Gasteiger partial charge in [-0.05, 0) is 27.4 Å². The predicted molar refractivity (Wildman–Crippen MR) is 44.6 cm³/mol. The van der Waals surface area contributed by atoms with Gasteiger partial charge in [-0.1, -0.05) is 5.57 Å². The zero-order valence-electron chi connectivity index (χ0n) is 7.29. The van der Waals surface area contributed by atoms with Crippen molar-refractivity contribution in [3.63, 3.8) is 0 Å². The van der Waals surface area contributed by atoms with Crippen LogP contribution in [-0.4, -0.2) is 36.6 Å². The van der Waals surface area contributed by atoms with E-state index in [0.717, 1.165) is 18.5 Å². The van der Waals surface area contributed by atoms with E-state index in [0.29, 0.717) is 0 Å². The maximum Gasteiger partial charge on any atom is 0.328 e. The highest BCUT2D eigenvalue weighted by Gasteiger charge is 1.95. The van der Waals surface area contributed by atoms with Crippen LogP contribution in [-0.2, 0) is 4.79 Å². The second kappa shape index (κ2) is 4.91. The summed E-state index contributed by atoms with van der Waals surface area (Å²) in [5.74, 6) is -0.860. The minimum atomic E-state index is -0.860. The van der Waals surface area contributed by atoms with E-state index < -0.39 is 5.97 Å². The van der Waals surface area contributed by atoms with E-state index in [1.54, 1.807) is 0 Å². The van der Waals surface area contributed by atoms with Crippen LogP contribution in [0.2, 0.25) is 0 Å². The Hall–Kier alpha value is -0.830. The van der Waals surface area contributed by atoms with Crippen LogP contribution < -0.4 is 0 Å². The minimum Gasteiger partial charge on any atom is -0.478 e. The van der Waals surface area contributed by atoms with Gasteiger partial charge in [0.25, 0.3) is 0 Å². The normalized spacial score (nSPS) is 12.2. The molecular weight excluding hydrogens is 142 g/mol. The molecule has 0 saturated carbocycles. The SMILES string of the molecule is C/C(=C/C(=O)O)CCN(C)C. The van der Waals surface area contributed by atoms with Crippen molar-refractivity contribution < 1.29 is 9.90 Å². The molecule has 0 atom stereocenters. The molecule has 0 fully saturated rings. The summed E-state index contributed by atoms with van der Waals surface area (Å²) in [6.45, 7) is 2.73. The topological polar surface area (TPSA) is 40.5 Å². The third-order valence-electron chi connectivity index (χ3n) is 1.32. The molecule has 3 heteroatoms. The average Bonchev–Trinajstić information content (AvgIpc) is 1.82. The van der Waals surface area contributed by atoms with E-state index in [9.17, 15) is 4.79 Å². The first-order valence-electron chi connectivity index (χ1n) is 3.57. The molecule has 0 aromatic carbocycles. The van der Waals surface area contributed by atoms with Gasteiger partial charge < -0.3 is 10.0 Å². The molecule has 0 heterocycles. The Labute approximate surface area is 67.3 Å². The lowest BCUT2D eigenvalue weighted by molar-refractivity contribution is -0.131. The summed E-state index contributed by atoms with van der Waals surface area (Å²) in [7, 11) is 3.93. The molecule has 0 spiro atoms. The lowest BCUT2D eigenvalue weighted by atomic mass is 10.2. The number of hydrogen-bond donors (Lipinski definition) is 1. The third kappa shape index (κ3) is 7.06. The predicted octanol–water partition coefficient (Wildman–Crippen LogP) is 0.969. The number of carboxylic acids is 1. The van der Waals surface area contributed by atoms with Crippen LogP contribution in [0.3, 0.4) is 0 Å². The quantitative estimate of drug-likeness (QED) is 0.618. The van der Waals surface area contributed by atoms with Gasteiger partial charge in [0.15, 0.2) is 0 Å². The molecule has 0 saturated heterocycles. The van der Waals surface area contributed by atoms with Gasteiger partial charge in [-0.15, -0.1) is 0 Å². The van der Waals surface area contributed by atoms with E-state index >= 15 is 0 Å². The summed E-state index contributed by atoms with van der Waals surface area (Å²) < 4.78 is 0. The van der Waals surface area contributed by atoms with Gasteiger partial charge in [-0.3, -0.25) is 0 Å². The zero-order chi connectivity index (χ0) is 8.85. The van der Waals surface area contributed by atoms with Gasteiger partial charge in [0.05, 0.1) is 0 Å². The molecular formula is C8H15NO2. The van der Waals surface area contributed by atoms with E-state index in [2.05, 4.69) is 0 Å². The molecule has 11 heavy (non-hydrogen) atoms. The number of nitrogens with zero attached hydrogens (tertiary/aromatic N) is 1. The standard InChI is InChI=1S/C8H15NO2/c1-7(6-8(10)11)4-5-9(2)3/h6H,4-5H2,1-3H3,(H,10,11)/b7-6-. The van der Waals surface area contributed by atoms with Crippen LogP contribution in [0.4, 0.5) is 0 Å². The average molecular weight is 157 g/mol. The number of rotatable bonds is 4. The van der Waals surface area contributed by atoms with Crippen molar-refractivity contribution >= 4 is 5.97 Å². The highest BCUT2D eigenvalue weighted by molar-refractivity contribution is 5.80. The van der Waals surface area contributed by atoms with Crippen molar-refractivity contribution in [1.29, 1.82) is 0 Å². The Bertz CT molecular complexity index is 161. The first kappa shape index (κ1) is 10.2. The fourth-order valence-electron chi connectivity index (χ4n) is 0.683. The molecule has 0 unspecified atom stereocenters. The molecule has 0 rings (SSSR count). The fourth-order valence-corrected chi connectivity index (χ4v) is 0.683. The molecule has 0 aliphatic carbocycles. The molecule has 0 amide bonds. The van der Waals surface area contributed by atoms with Crippen LogP contribution in [0.1, 0.15) is 13.3 Å². The molecule has 0 aromatic rings. The summed E-state index contributed by atoms with van der Waals surface area (Å²) in [6.07, 6.45) is 2.07. The van der Waals surface area contributed by atoms with Crippen molar-refractivity contribution in [2.24, 2.45) is 0 Å². The van der Waals surface area contributed by atoms with Gasteiger partial charge in [0, 0.05) is 12.6 Å². The summed E-state index contributed by atoms with van der Waals surface area (Å²) >= 11 is 0. The lowest BCUT2D eigenvalue weighted by Gasteiger charge is -2.08. The molecule has 3 nitrogen and oxygen atoms in total. The highest BCUT2D eigenvalue weighted by atomic mass is 16.4. The van der Waals surface area contributed by atoms with E-state index in [-0.39, 0.29) is 0 Å². The Balaban J connectivity index is 3.68. The fraction of sp³-hybridized carbons (Fsp3) is 0.625. The van der Waals surface area contributed by atoms with Crippen molar-refractivity contribution in [1.82, 2.24) is 4.90 Å². The Morgan fingerprint density at radius 2 is 2.09 bits per heavy atom. The molecule has 64 valence electrons. The smallest absolute Gasteiger partial charge is 0.328 e. The van der Waals surface area contributed by atoms with Gasteiger partial charge in [-0.25, -0.2) is 4.79 Å². The number of hydrogen-bond acceptors (Lipinski definition) is 2. The van der Waals surface area contributed by atoms with Gasteiger partial charge in [-0.2, -0.15) is 0 Å². The molecule has 0 bridgehead atoms. The van der Waals surface area contributed by atoms with Crippen LogP contribution >= 0.6 is 0 Å². The van der Waals surface area contributed by atoms with Gasteiger partial charge in [0.2, 0.25) is 0 Å². The van der Waals surface area contributed by atoms with Crippen molar-refractivity contribution in [3.8, 4) is 0 Å². The zero-order valence-corrected chi connectivity index (χ0v) is 7.29. The second-order valence-corrected chi connectivity index (χ2v) is 2.88. The van der Waals surface area contributed by atoms with E-state index in [1.807, 2.05) is 25.9 Å². The minimum absolute atomic E-state index is 0.819. The van der Waals surface area contributed by atoms with E-state index in [1.165, 1.54) is 6.08 Å². The number of carboxylic acid groups (broad SMARTS) is 1. The van der Waals surface area contributed by atoms with Crippen LogP contribution in [0, 0.1) is 0 Å². The molecule has 1 N–H and O–H groups in total. The summed E-state index contributed by atoms with van der Waals surface area (Å²) in [4.78, 5) is 12.2. The molecule has 0 aliphatic heterocycles. The Morgan fingerprint density at radius 3 is 2.45 bits per heavy atom. The summed E-state index contributed by atoms with van der Waals surface area (Å²) in [6, 6.07) is 0. The Kier molecular flexibility index (Phi) is 4.54. The lowest BCUT2D eigenvalue weighted by Crippen LogP contribution is -2.13. The first-order chi connectivity index (χ1) is 5.02. The van der Waals surface area contributed by atoms with Crippen molar-refractivity contribution in [2.75, 3.05) is 20.6 Å². The maximum atomic E-state index is 10.2. The number of aliphatic carboxylic acids is 1. The molecule has 0 aliphatic rings. The van der Waals surface area contributed by atoms with Crippen LogP contribution in [0.25, 0.3) is 0 Å².